The number of halogens is 5. The maximum absolute atomic E-state index is 13.4. The van der Waals surface area contributed by atoms with E-state index in [0.717, 1.165) is 17.8 Å². The van der Waals surface area contributed by atoms with E-state index < -0.39 is 36.6 Å². The molecule has 0 radical (unpaired) electrons. The second-order valence-electron chi connectivity index (χ2n) is 5.84. The summed E-state index contributed by atoms with van der Waals surface area (Å²) >= 11 is 0. The van der Waals surface area contributed by atoms with E-state index in [4.69, 9.17) is 0 Å². The third-order valence-electron chi connectivity index (χ3n) is 4.10. The average molecular weight is 359 g/mol. The Morgan fingerprint density at radius 1 is 1.24 bits per heavy atom. The largest absolute Gasteiger partial charge is 0.389 e. The monoisotopic (exact) mass is 359 g/mol. The zero-order valence-electron chi connectivity index (χ0n) is 13.0. The predicted octanol–water partition coefficient (Wildman–Crippen LogP) is 3.58. The lowest BCUT2D eigenvalue weighted by molar-refractivity contribution is -0.149. The molecule has 1 aliphatic rings. The molecule has 0 aliphatic carbocycles. The molecule has 0 spiro atoms. The van der Waals surface area contributed by atoms with Gasteiger partial charge in [0.2, 0.25) is 5.91 Å². The van der Waals surface area contributed by atoms with E-state index in [1.165, 1.54) is 11.0 Å². The van der Waals surface area contributed by atoms with Crippen molar-refractivity contribution in [2.75, 3.05) is 6.54 Å². The van der Waals surface area contributed by atoms with Crippen molar-refractivity contribution < 1.29 is 26.7 Å². The Labute approximate surface area is 139 Å². The number of alkyl halides is 3. The van der Waals surface area contributed by atoms with Crippen molar-refractivity contribution in [1.29, 1.82) is 0 Å². The first-order valence-electron chi connectivity index (χ1n) is 7.60. The smallest absolute Gasteiger partial charge is 0.338 e. The number of amides is 1. The standard InChI is InChI=1S/C16H14F5N3O/c17-11-2-1-9(7-12(11)18)15-10-8-24(6-4-13(10)22-23-15)14(25)3-5-16(19,20)21/h1-2,7H,3-6,8H2,(H,22,23). The molecule has 1 aromatic heterocycles. The highest BCUT2D eigenvalue weighted by atomic mass is 19.4. The van der Waals surface area contributed by atoms with E-state index in [1.54, 1.807) is 0 Å². The number of hydrogen-bond acceptors (Lipinski definition) is 2. The second kappa shape index (κ2) is 6.45. The second-order valence-corrected chi connectivity index (χ2v) is 5.84. The first-order valence-corrected chi connectivity index (χ1v) is 7.60. The predicted molar refractivity (Wildman–Crippen MR) is 78.3 cm³/mol. The van der Waals surface area contributed by atoms with Gasteiger partial charge in [0, 0.05) is 42.8 Å². The minimum absolute atomic E-state index is 0.0802. The highest BCUT2D eigenvalue weighted by molar-refractivity contribution is 5.77. The summed E-state index contributed by atoms with van der Waals surface area (Å²) in [6.07, 6.45) is -5.76. The van der Waals surface area contributed by atoms with Crippen LogP contribution in [0.5, 0.6) is 0 Å². The van der Waals surface area contributed by atoms with Gasteiger partial charge < -0.3 is 4.90 Å². The van der Waals surface area contributed by atoms with E-state index in [1.807, 2.05) is 0 Å². The van der Waals surface area contributed by atoms with Crippen LogP contribution in [0.1, 0.15) is 24.1 Å². The number of carbonyl (C=O) groups is 1. The Morgan fingerprint density at radius 3 is 2.68 bits per heavy atom. The van der Waals surface area contributed by atoms with Crippen LogP contribution in [0.3, 0.4) is 0 Å². The third-order valence-corrected chi connectivity index (χ3v) is 4.10. The molecule has 0 unspecified atom stereocenters. The molecular weight excluding hydrogens is 345 g/mol. The van der Waals surface area contributed by atoms with E-state index >= 15 is 0 Å². The summed E-state index contributed by atoms with van der Waals surface area (Å²) in [4.78, 5) is 13.3. The average Bonchev–Trinajstić information content (AvgIpc) is 2.97. The highest BCUT2D eigenvalue weighted by Crippen LogP contribution is 2.30. The number of H-pyrrole nitrogens is 1. The van der Waals surface area contributed by atoms with Gasteiger partial charge in [-0.3, -0.25) is 9.89 Å². The fourth-order valence-corrected chi connectivity index (χ4v) is 2.80. The van der Waals surface area contributed by atoms with Crippen LogP contribution >= 0.6 is 0 Å². The van der Waals surface area contributed by atoms with Crippen LogP contribution in [0, 0.1) is 11.6 Å². The fourth-order valence-electron chi connectivity index (χ4n) is 2.80. The zero-order valence-corrected chi connectivity index (χ0v) is 13.0. The molecule has 0 bridgehead atoms. The van der Waals surface area contributed by atoms with Gasteiger partial charge in [0.1, 0.15) is 0 Å². The molecule has 2 aromatic rings. The van der Waals surface area contributed by atoms with Crippen molar-refractivity contribution in [3.63, 3.8) is 0 Å². The third kappa shape index (κ3) is 3.80. The number of aromatic nitrogens is 2. The summed E-state index contributed by atoms with van der Waals surface area (Å²) in [5, 5.41) is 6.88. The van der Waals surface area contributed by atoms with Crippen LogP contribution in [0.25, 0.3) is 11.3 Å². The molecule has 3 rings (SSSR count). The summed E-state index contributed by atoms with van der Waals surface area (Å²) in [6, 6.07) is 3.33. The van der Waals surface area contributed by atoms with Crippen LogP contribution in [0.2, 0.25) is 0 Å². The van der Waals surface area contributed by atoms with Crippen molar-refractivity contribution in [3.8, 4) is 11.3 Å². The summed E-state index contributed by atoms with van der Waals surface area (Å²) in [5.41, 5.74) is 2.04. The Kier molecular flexibility index (Phi) is 4.49. The summed E-state index contributed by atoms with van der Waals surface area (Å²) in [6.45, 7) is 0.361. The van der Waals surface area contributed by atoms with Crippen LogP contribution in [-0.2, 0) is 17.8 Å². The van der Waals surface area contributed by atoms with Gasteiger partial charge in [-0.2, -0.15) is 18.3 Å². The molecule has 0 saturated carbocycles. The van der Waals surface area contributed by atoms with Crippen LogP contribution in [-0.4, -0.2) is 33.7 Å². The molecule has 2 heterocycles. The number of rotatable bonds is 3. The molecule has 0 atom stereocenters. The van der Waals surface area contributed by atoms with Gasteiger partial charge in [0.05, 0.1) is 12.1 Å². The van der Waals surface area contributed by atoms with Gasteiger partial charge in [-0.15, -0.1) is 0 Å². The lowest BCUT2D eigenvalue weighted by Crippen LogP contribution is -2.36. The van der Waals surface area contributed by atoms with Gasteiger partial charge in [-0.25, -0.2) is 8.78 Å². The number of nitrogens with one attached hydrogen (secondary N) is 1. The molecule has 1 aromatic carbocycles. The van der Waals surface area contributed by atoms with E-state index in [-0.39, 0.29) is 13.1 Å². The van der Waals surface area contributed by atoms with Gasteiger partial charge in [-0.1, -0.05) is 0 Å². The molecule has 134 valence electrons. The molecular formula is C16H14F5N3O. The normalized spacial score (nSPS) is 14.5. The lowest BCUT2D eigenvalue weighted by Gasteiger charge is -2.27. The summed E-state index contributed by atoms with van der Waals surface area (Å²) in [7, 11) is 0. The van der Waals surface area contributed by atoms with Crippen LogP contribution in [0.15, 0.2) is 18.2 Å². The molecule has 0 saturated heterocycles. The maximum atomic E-state index is 13.4. The number of carbonyl (C=O) groups excluding carboxylic acids is 1. The summed E-state index contributed by atoms with van der Waals surface area (Å²) < 4.78 is 63.3. The summed E-state index contributed by atoms with van der Waals surface area (Å²) in [5.74, 6) is -2.61. The number of aromatic amines is 1. The number of hydrogen-bond donors (Lipinski definition) is 1. The Morgan fingerprint density at radius 2 is 2.00 bits per heavy atom. The molecule has 1 N–H and O–H groups in total. The number of nitrogens with zero attached hydrogens (tertiary/aromatic N) is 2. The van der Waals surface area contributed by atoms with E-state index in [2.05, 4.69) is 10.2 Å². The van der Waals surface area contributed by atoms with Crippen LogP contribution < -0.4 is 0 Å². The number of benzene rings is 1. The SMILES string of the molecule is O=C(CCC(F)(F)F)N1CCc2[nH]nc(-c3ccc(F)c(F)c3)c2C1. The zero-order chi connectivity index (χ0) is 18.2. The van der Waals surface area contributed by atoms with E-state index in [0.29, 0.717) is 23.2 Å². The van der Waals surface area contributed by atoms with Crippen LogP contribution in [0.4, 0.5) is 22.0 Å². The number of fused-ring (bicyclic) bond motifs is 1. The minimum Gasteiger partial charge on any atom is -0.338 e. The van der Waals surface area contributed by atoms with Gasteiger partial charge in [0.15, 0.2) is 11.6 Å². The molecule has 1 amide bonds. The lowest BCUT2D eigenvalue weighted by atomic mass is 10.0. The van der Waals surface area contributed by atoms with Crippen molar-refractivity contribution in [2.24, 2.45) is 0 Å². The van der Waals surface area contributed by atoms with Crippen molar-refractivity contribution >= 4 is 5.91 Å². The first kappa shape index (κ1) is 17.4. The Hall–Kier alpha value is -2.45. The molecule has 4 nitrogen and oxygen atoms in total. The van der Waals surface area contributed by atoms with Gasteiger partial charge in [-0.05, 0) is 18.2 Å². The van der Waals surface area contributed by atoms with Crippen molar-refractivity contribution in [1.82, 2.24) is 15.1 Å². The van der Waals surface area contributed by atoms with Gasteiger partial charge >= 0.3 is 6.18 Å². The Bertz CT molecular complexity index is 800. The van der Waals surface area contributed by atoms with Gasteiger partial charge in [0.25, 0.3) is 0 Å². The Balaban J connectivity index is 1.80. The topological polar surface area (TPSA) is 49.0 Å². The van der Waals surface area contributed by atoms with Crippen molar-refractivity contribution in [2.45, 2.75) is 32.0 Å². The molecule has 0 fully saturated rings. The fraction of sp³-hybridized carbons (Fsp3) is 0.375. The maximum Gasteiger partial charge on any atom is 0.389 e. The quantitative estimate of drug-likeness (QED) is 0.852. The molecule has 25 heavy (non-hydrogen) atoms. The first-order chi connectivity index (χ1) is 11.7. The van der Waals surface area contributed by atoms with Crippen molar-refractivity contribution in [3.05, 3.63) is 41.1 Å². The molecule has 1 aliphatic heterocycles. The molecule has 9 heteroatoms. The van der Waals surface area contributed by atoms with E-state index in [9.17, 15) is 26.7 Å². The highest BCUT2D eigenvalue weighted by Gasteiger charge is 2.31. The minimum atomic E-state index is -4.39.